The summed E-state index contributed by atoms with van der Waals surface area (Å²) in [7, 11) is -3.60. The molecule has 1 fully saturated rings. The molecule has 0 aromatic heterocycles. The molecular weight excluding hydrogens is 418 g/mol. The van der Waals surface area contributed by atoms with Crippen LogP contribution in [0.15, 0.2) is 64.0 Å². The lowest BCUT2D eigenvalue weighted by Crippen LogP contribution is -2.46. The number of sulfonamides is 1. The predicted molar refractivity (Wildman–Crippen MR) is 104 cm³/mol. The summed E-state index contributed by atoms with van der Waals surface area (Å²) in [5.41, 5.74) is 6.31. The fraction of sp³-hybridized carbons (Fsp3) is 0.278. The van der Waals surface area contributed by atoms with Crippen LogP contribution in [0.3, 0.4) is 0 Å². The van der Waals surface area contributed by atoms with Crippen molar-refractivity contribution in [1.29, 1.82) is 0 Å². The highest BCUT2D eigenvalue weighted by atomic mass is 79.9. The van der Waals surface area contributed by atoms with Gasteiger partial charge in [-0.2, -0.15) is 4.31 Å². The van der Waals surface area contributed by atoms with Gasteiger partial charge in [-0.3, -0.25) is 15.6 Å². The van der Waals surface area contributed by atoms with Crippen LogP contribution in [0.2, 0.25) is 0 Å². The summed E-state index contributed by atoms with van der Waals surface area (Å²) in [6.45, 7) is 0.606. The van der Waals surface area contributed by atoms with E-state index in [9.17, 15) is 13.2 Å². The van der Waals surface area contributed by atoms with Gasteiger partial charge in [-0.1, -0.05) is 34.1 Å². The maximum Gasteiger partial charge on any atom is 0.243 e. The fourth-order valence-corrected chi connectivity index (χ4v) is 4.68. The monoisotopic (exact) mass is 437 g/mol. The minimum Gasteiger partial charge on any atom is -0.299 e. The van der Waals surface area contributed by atoms with E-state index in [-0.39, 0.29) is 23.3 Å². The van der Waals surface area contributed by atoms with Crippen molar-refractivity contribution in [2.45, 2.75) is 17.7 Å². The van der Waals surface area contributed by atoms with Gasteiger partial charge in [0.05, 0.1) is 16.5 Å². The maximum atomic E-state index is 12.8. The molecule has 1 amide bonds. The first-order valence-corrected chi connectivity index (χ1v) is 10.6. The van der Waals surface area contributed by atoms with Crippen LogP contribution in [0.5, 0.6) is 0 Å². The summed E-state index contributed by atoms with van der Waals surface area (Å²) in [6.07, 6.45) is 1.31. The van der Waals surface area contributed by atoms with E-state index in [2.05, 4.69) is 26.8 Å². The van der Waals surface area contributed by atoms with Crippen LogP contribution in [0.25, 0.3) is 0 Å². The van der Waals surface area contributed by atoms with Crippen molar-refractivity contribution in [2.24, 2.45) is 5.92 Å². The first-order chi connectivity index (χ1) is 12.5. The lowest BCUT2D eigenvalue weighted by atomic mass is 9.99. The topological polar surface area (TPSA) is 78.5 Å². The van der Waals surface area contributed by atoms with Crippen LogP contribution < -0.4 is 10.9 Å². The first kappa shape index (κ1) is 18.9. The van der Waals surface area contributed by atoms with Crippen LogP contribution in [0.4, 0.5) is 5.69 Å². The number of carbonyl (C=O) groups is 1. The van der Waals surface area contributed by atoms with E-state index < -0.39 is 10.0 Å². The largest absolute Gasteiger partial charge is 0.299 e. The SMILES string of the molecule is O=C(NNc1ccccc1)C1CCCN(S(=O)(=O)c2ccc(Br)cc2)C1. The van der Waals surface area contributed by atoms with Gasteiger partial charge >= 0.3 is 0 Å². The molecule has 2 N–H and O–H groups in total. The number of anilines is 1. The van der Waals surface area contributed by atoms with Gasteiger partial charge < -0.3 is 0 Å². The quantitative estimate of drug-likeness (QED) is 0.704. The Kier molecular flexibility index (Phi) is 5.95. The highest BCUT2D eigenvalue weighted by Crippen LogP contribution is 2.25. The molecule has 1 aliphatic rings. The van der Waals surface area contributed by atoms with Gasteiger partial charge in [0.1, 0.15) is 0 Å². The van der Waals surface area contributed by atoms with Gasteiger partial charge in [0.2, 0.25) is 15.9 Å². The van der Waals surface area contributed by atoms with E-state index in [1.807, 2.05) is 30.3 Å². The van der Waals surface area contributed by atoms with E-state index in [0.29, 0.717) is 19.4 Å². The van der Waals surface area contributed by atoms with E-state index in [4.69, 9.17) is 0 Å². The second kappa shape index (κ2) is 8.20. The molecular formula is C18H20BrN3O3S. The summed E-state index contributed by atoms with van der Waals surface area (Å²) in [5, 5.41) is 0. The first-order valence-electron chi connectivity index (χ1n) is 8.33. The Morgan fingerprint density at radius 3 is 2.46 bits per heavy atom. The van der Waals surface area contributed by atoms with E-state index in [0.717, 1.165) is 10.2 Å². The molecule has 1 unspecified atom stereocenters. The summed E-state index contributed by atoms with van der Waals surface area (Å²) < 4.78 is 27.8. The smallest absolute Gasteiger partial charge is 0.243 e. The van der Waals surface area contributed by atoms with Crippen LogP contribution in [-0.4, -0.2) is 31.7 Å². The van der Waals surface area contributed by atoms with E-state index in [1.54, 1.807) is 24.3 Å². The maximum absolute atomic E-state index is 12.8. The number of hydrazine groups is 1. The molecule has 0 bridgehead atoms. The number of para-hydroxylation sites is 1. The number of rotatable bonds is 5. The molecule has 0 saturated carbocycles. The molecule has 1 heterocycles. The summed E-state index contributed by atoms with van der Waals surface area (Å²) in [6, 6.07) is 15.8. The molecule has 0 aliphatic carbocycles. The average molecular weight is 438 g/mol. The second-order valence-electron chi connectivity index (χ2n) is 6.14. The number of carbonyl (C=O) groups excluding carboxylic acids is 1. The second-order valence-corrected chi connectivity index (χ2v) is 8.99. The minimum absolute atomic E-state index is 0.181. The molecule has 0 spiro atoms. The molecule has 3 rings (SSSR count). The van der Waals surface area contributed by atoms with Crippen LogP contribution in [0.1, 0.15) is 12.8 Å². The molecule has 2 aromatic rings. The molecule has 1 aliphatic heterocycles. The van der Waals surface area contributed by atoms with Gasteiger partial charge in [0.15, 0.2) is 0 Å². The van der Waals surface area contributed by atoms with Crippen LogP contribution >= 0.6 is 15.9 Å². The van der Waals surface area contributed by atoms with E-state index in [1.165, 1.54) is 4.31 Å². The Labute approximate surface area is 161 Å². The van der Waals surface area contributed by atoms with Crippen molar-refractivity contribution in [3.05, 3.63) is 59.1 Å². The number of hydrogen-bond acceptors (Lipinski definition) is 4. The number of halogens is 1. The van der Waals surface area contributed by atoms with Crippen molar-refractivity contribution in [2.75, 3.05) is 18.5 Å². The lowest BCUT2D eigenvalue weighted by molar-refractivity contribution is -0.125. The highest BCUT2D eigenvalue weighted by molar-refractivity contribution is 9.10. The summed E-state index contributed by atoms with van der Waals surface area (Å²) >= 11 is 3.31. The number of hydrogen-bond donors (Lipinski definition) is 2. The lowest BCUT2D eigenvalue weighted by Gasteiger charge is -2.31. The Hall–Kier alpha value is -1.90. The Morgan fingerprint density at radius 2 is 1.77 bits per heavy atom. The van der Waals surface area contributed by atoms with Crippen molar-refractivity contribution in [1.82, 2.24) is 9.73 Å². The van der Waals surface area contributed by atoms with Crippen LogP contribution in [0, 0.1) is 5.92 Å². The summed E-state index contributed by atoms with van der Waals surface area (Å²) in [4.78, 5) is 12.7. The third kappa shape index (κ3) is 4.44. The standard InChI is InChI=1S/C18H20BrN3O3S/c19-15-8-10-17(11-9-15)26(24,25)22-12-4-5-14(13-22)18(23)21-20-16-6-2-1-3-7-16/h1-3,6-11,14,20H,4-5,12-13H2,(H,21,23). The molecule has 1 saturated heterocycles. The van der Waals surface area contributed by atoms with Crippen LogP contribution in [-0.2, 0) is 14.8 Å². The molecule has 8 heteroatoms. The van der Waals surface area contributed by atoms with Gasteiger partial charge in [0.25, 0.3) is 0 Å². The third-order valence-corrected chi connectivity index (χ3v) is 6.72. The Morgan fingerprint density at radius 1 is 1.08 bits per heavy atom. The van der Waals surface area contributed by atoms with Crippen molar-refractivity contribution in [3.63, 3.8) is 0 Å². The number of nitrogens with one attached hydrogen (secondary N) is 2. The zero-order valence-corrected chi connectivity index (χ0v) is 16.5. The molecule has 138 valence electrons. The van der Waals surface area contributed by atoms with Crippen molar-refractivity contribution >= 4 is 37.5 Å². The van der Waals surface area contributed by atoms with Gasteiger partial charge in [-0.15, -0.1) is 0 Å². The average Bonchev–Trinajstić information content (AvgIpc) is 2.67. The van der Waals surface area contributed by atoms with Gasteiger partial charge in [-0.25, -0.2) is 8.42 Å². The Bertz CT molecular complexity index is 857. The minimum atomic E-state index is -3.60. The third-order valence-electron chi connectivity index (χ3n) is 4.31. The number of benzene rings is 2. The number of piperidine rings is 1. The fourth-order valence-electron chi connectivity index (χ4n) is 2.89. The van der Waals surface area contributed by atoms with Crippen molar-refractivity contribution < 1.29 is 13.2 Å². The molecule has 6 nitrogen and oxygen atoms in total. The zero-order valence-electron chi connectivity index (χ0n) is 14.1. The molecule has 1 atom stereocenters. The summed E-state index contributed by atoms with van der Waals surface area (Å²) in [5.74, 6) is -0.588. The highest BCUT2D eigenvalue weighted by Gasteiger charge is 2.33. The normalized spacial score (nSPS) is 18.3. The van der Waals surface area contributed by atoms with Gasteiger partial charge in [0, 0.05) is 17.6 Å². The Balaban J connectivity index is 1.64. The molecule has 2 aromatic carbocycles. The van der Waals surface area contributed by atoms with E-state index >= 15 is 0 Å². The van der Waals surface area contributed by atoms with Crippen molar-refractivity contribution in [3.8, 4) is 0 Å². The number of nitrogens with zero attached hydrogens (tertiary/aromatic N) is 1. The predicted octanol–water partition coefficient (Wildman–Crippen LogP) is 2.99. The molecule has 0 radical (unpaired) electrons. The zero-order chi connectivity index (χ0) is 18.6. The molecule has 26 heavy (non-hydrogen) atoms. The number of amides is 1. The van der Waals surface area contributed by atoms with Gasteiger partial charge in [-0.05, 0) is 49.2 Å².